The lowest BCUT2D eigenvalue weighted by Crippen LogP contribution is -2.37. The maximum Gasteiger partial charge on any atom is 0.314 e. The summed E-state index contributed by atoms with van der Waals surface area (Å²) in [5, 5.41) is 11.9. The van der Waals surface area contributed by atoms with E-state index >= 15 is 0 Å². The van der Waals surface area contributed by atoms with Crippen LogP contribution in [0.1, 0.15) is 11.1 Å². The number of amides is 2. The zero-order chi connectivity index (χ0) is 19.3. The zero-order valence-corrected chi connectivity index (χ0v) is 15.6. The van der Waals surface area contributed by atoms with Gasteiger partial charge in [-0.1, -0.05) is 30.3 Å². The average Bonchev–Trinajstić information content (AvgIpc) is 3.05. The first-order chi connectivity index (χ1) is 12.9. The van der Waals surface area contributed by atoms with Crippen LogP contribution in [0.25, 0.3) is 10.9 Å². The Morgan fingerprint density at radius 3 is 2.33 bits per heavy atom. The van der Waals surface area contributed by atoms with Crippen LogP contribution in [0.4, 0.5) is 4.79 Å². The number of benzene rings is 2. The lowest BCUT2D eigenvalue weighted by molar-refractivity contribution is 0.241. The highest BCUT2D eigenvalue weighted by atomic mass is 32.2. The standard InChI is InChI=1S/C19H22N4O3S/c20-27(25,26)16-7-5-14(6-8-16)9-11-21-19(24)22-12-10-15-13-23-18-4-2-1-3-17(15)18/h1-8,13,23H,9-12H2,(H2,20,25,26)(H2,21,22,24). The molecule has 0 spiro atoms. The lowest BCUT2D eigenvalue weighted by atomic mass is 10.1. The number of fused-ring (bicyclic) bond motifs is 1. The summed E-state index contributed by atoms with van der Waals surface area (Å²) in [4.78, 5) is 15.2. The monoisotopic (exact) mass is 386 g/mol. The van der Waals surface area contributed by atoms with Crippen LogP contribution in [-0.2, 0) is 22.9 Å². The summed E-state index contributed by atoms with van der Waals surface area (Å²) in [7, 11) is -3.68. The number of nitrogens with one attached hydrogen (secondary N) is 3. The van der Waals surface area contributed by atoms with E-state index in [-0.39, 0.29) is 10.9 Å². The fourth-order valence-electron chi connectivity index (χ4n) is 2.88. The minimum absolute atomic E-state index is 0.0780. The molecule has 27 heavy (non-hydrogen) atoms. The third kappa shape index (κ3) is 5.08. The molecule has 1 aromatic heterocycles. The van der Waals surface area contributed by atoms with Crippen molar-refractivity contribution in [2.24, 2.45) is 5.14 Å². The van der Waals surface area contributed by atoms with Gasteiger partial charge >= 0.3 is 6.03 Å². The number of hydrogen-bond acceptors (Lipinski definition) is 3. The quantitative estimate of drug-likeness (QED) is 0.497. The summed E-state index contributed by atoms with van der Waals surface area (Å²) in [6.45, 7) is 0.990. The van der Waals surface area contributed by atoms with Gasteiger partial charge in [-0.2, -0.15) is 0 Å². The molecule has 0 fully saturated rings. The number of aromatic amines is 1. The molecule has 0 unspecified atom stereocenters. The van der Waals surface area contributed by atoms with E-state index in [1.165, 1.54) is 23.1 Å². The van der Waals surface area contributed by atoms with Gasteiger partial charge in [0.25, 0.3) is 0 Å². The fourth-order valence-corrected chi connectivity index (χ4v) is 3.39. The molecule has 0 saturated heterocycles. The number of carbonyl (C=O) groups excluding carboxylic acids is 1. The first kappa shape index (κ1) is 18.9. The predicted octanol–water partition coefficient (Wildman–Crippen LogP) is 1.90. The summed E-state index contributed by atoms with van der Waals surface area (Å²) in [5.41, 5.74) is 3.17. The van der Waals surface area contributed by atoms with Gasteiger partial charge in [-0.15, -0.1) is 0 Å². The maximum absolute atomic E-state index is 11.9. The number of primary sulfonamides is 1. The van der Waals surface area contributed by atoms with Crippen molar-refractivity contribution in [2.45, 2.75) is 17.7 Å². The van der Waals surface area contributed by atoms with Crippen LogP contribution in [0.3, 0.4) is 0 Å². The Kier molecular flexibility index (Phi) is 5.78. The molecule has 0 aliphatic rings. The summed E-state index contributed by atoms with van der Waals surface area (Å²) in [6, 6.07) is 14.1. The Bertz CT molecular complexity index is 1030. The molecule has 3 aromatic rings. The molecule has 3 rings (SSSR count). The van der Waals surface area contributed by atoms with Crippen molar-refractivity contribution in [3.05, 3.63) is 65.9 Å². The second kappa shape index (κ2) is 8.24. The highest BCUT2D eigenvalue weighted by molar-refractivity contribution is 7.89. The van der Waals surface area contributed by atoms with Crippen LogP contribution in [0.5, 0.6) is 0 Å². The van der Waals surface area contributed by atoms with Crippen molar-refractivity contribution in [3.8, 4) is 0 Å². The van der Waals surface area contributed by atoms with E-state index in [1.54, 1.807) is 12.1 Å². The fraction of sp³-hybridized carbons (Fsp3) is 0.211. The van der Waals surface area contributed by atoms with Crippen LogP contribution < -0.4 is 15.8 Å². The summed E-state index contributed by atoms with van der Waals surface area (Å²) in [5.74, 6) is 0. The van der Waals surface area contributed by atoms with E-state index in [4.69, 9.17) is 5.14 Å². The highest BCUT2D eigenvalue weighted by Crippen LogP contribution is 2.17. The summed E-state index contributed by atoms with van der Waals surface area (Å²) < 4.78 is 22.4. The molecule has 0 aliphatic carbocycles. The minimum Gasteiger partial charge on any atom is -0.361 e. The van der Waals surface area contributed by atoms with Crippen LogP contribution >= 0.6 is 0 Å². The van der Waals surface area contributed by atoms with Gasteiger partial charge in [0.05, 0.1) is 4.90 Å². The Morgan fingerprint density at radius 1 is 0.963 bits per heavy atom. The molecular formula is C19H22N4O3S. The molecule has 5 N–H and O–H groups in total. The molecule has 7 nitrogen and oxygen atoms in total. The molecule has 2 amide bonds. The van der Waals surface area contributed by atoms with Gasteiger partial charge < -0.3 is 15.6 Å². The topological polar surface area (TPSA) is 117 Å². The van der Waals surface area contributed by atoms with E-state index in [9.17, 15) is 13.2 Å². The van der Waals surface area contributed by atoms with Crippen molar-refractivity contribution < 1.29 is 13.2 Å². The van der Waals surface area contributed by atoms with Gasteiger partial charge in [-0.05, 0) is 42.2 Å². The van der Waals surface area contributed by atoms with Crippen molar-refractivity contribution in [3.63, 3.8) is 0 Å². The highest BCUT2D eigenvalue weighted by Gasteiger charge is 2.07. The first-order valence-electron chi connectivity index (χ1n) is 8.62. The first-order valence-corrected chi connectivity index (χ1v) is 10.2. The third-order valence-corrected chi connectivity index (χ3v) is 5.24. The van der Waals surface area contributed by atoms with Gasteiger partial charge in [0.1, 0.15) is 0 Å². The van der Waals surface area contributed by atoms with Crippen molar-refractivity contribution in [1.82, 2.24) is 15.6 Å². The van der Waals surface area contributed by atoms with Gasteiger partial charge in [0.2, 0.25) is 10.0 Å². The van der Waals surface area contributed by atoms with Gasteiger partial charge in [-0.3, -0.25) is 0 Å². The summed E-state index contributed by atoms with van der Waals surface area (Å²) >= 11 is 0. The molecule has 142 valence electrons. The number of nitrogens with two attached hydrogens (primary N) is 1. The summed E-state index contributed by atoms with van der Waals surface area (Å²) in [6.07, 6.45) is 3.31. The molecule has 2 aromatic carbocycles. The number of H-pyrrole nitrogens is 1. The molecule has 0 radical (unpaired) electrons. The smallest absolute Gasteiger partial charge is 0.314 e. The van der Waals surface area contributed by atoms with Crippen molar-refractivity contribution >= 4 is 27.0 Å². The number of sulfonamides is 1. The SMILES string of the molecule is NS(=O)(=O)c1ccc(CCNC(=O)NCCc2c[nH]c3ccccc23)cc1. The maximum atomic E-state index is 11.9. The number of hydrogen-bond donors (Lipinski definition) is 4. The number of aromatic nitrogens is 1. The molecule has 0 aliphatic heterocycles. The van der Waals surface area contributed by atoms with E-state index in [1.807, 2.05) is 24.4 Å². The number of rotatable bonds is 7. The predicted molar refractivity (Wildman–Crippen MR) is 105 cm³/mol. The van der Waals surface area contributed by atoms with Gasteiger partial charge in [0.15, 0.2) is 0 Å². The van der Waals surface area contributed by atoms with E-state index < -0.39 is 10.0 Å². The van der Waals surface area contributed by atoms with Crippen molar-refractivity contribution in [1.29, 1.82) is 0 Å². The molecule has 8 heteroatoms. The van der Waals surface area contributed by atoms with Crippen LogP contribution in [0, 0.1) is 0 Å². The third-order valence-electron chi connectivity index (χ3n) is 4.31. The van der Waals surface area contributed by atoms with Crippen LogP contribution in [0.2, 0.25) is 0 Å². The van der Waals surface area contributed by atoms with Crippen LogP contribution in [-0.4, -0.2) is 32.5 Å². The zero-order valence-electron chi connectivity index (χ0n) is 14.7. The Balaban J connectivity index is 1.40. The van der Waals surface area contributed by atoms with Gasteiger partial charge in [-0.25, -0.2) is 18.4 Å². The Morgan fingerprint density at radius 2 is 1.63 bits per heavy atom. The minimum atomic E-state index is -3.68. The molecule has 1 heterocycles. The molecule has 0 atom stereocenters. The average molecular weight is 386 g/mol. The number of para-hydroxylation sites is 1. The number of urea groups is 1. The Hall–Kier alpha value is -2.84. The normalized spacial score (nSPS) is 11.4. The van der Waals surface area contributed by atoms with E-state index in [0.29, 0.717) is 19.5 Å². The van der Waals surface area contributed by atoms with Crippen LogP contribution in [0.15, 0.2) is 59.6 Å². The van der Waals surface area contributed by atoms with E-state index in [0.717, 1.165) is 17.5 Å². The van der Waals surface area contributed by atoms with Crippen molar-refractivity contribution in [2.75, 3.05) is 13.1 Å². The lowest BCUT2D eigenvalue weighted by Gasteiger charge is -2.08. The molecular weight excluding hydrogens is 364 g/mol. The number of carbonyl (C=O) groups is 1. The second-order valence-corrected chi connectivity index (χ2v) is 7.79. The van der Waals surface area contributed by atoms with Gasteiger partial charge in [0, 0.05) is 30.2 Å². The van der Waals surface area contributed by atoms with E-state index in [2.05, 4.69) is 21.7 Å². The molecule has 0 bridgehead atoms. The molecule has 0 saturated carbocycles. The largest absolute Gasteiger partial charge is 0.361 e. The Labute approximate surface area is 158 Å². The second-order valence-electron chi connectivity index (χ2n) is 6.23.